The number of nitrogens with zero attached hydrogens (tertiary/aromatic N) is 2. The molecule has 0 aliphatic carbocycles. The van der Waals surface area contributed by atoms with Gasteiger partial charge in [0, 0.05) is 15.4 Å². The molecule has 2 aromatic carbocycles. The molecule has 0 unspecified atom stereocenters. The zero-order valence-corrected chi connectivity index (χ0v) is 13.9. The fourth-order valence-corrected chi connectivity index (χ4v) is 2.52. The van der Waals surface area contributed by atoms with Crippen molar-refractivity contribution in [2.24, 2.45) is 0 Å². The summed E-state index contributed by atoms with van der Waals surface area (Å²) in [5.74, 6) is 0.991. The summed E-state index contributed by atoms with van der Waals surface area (Å²) in [7, 11) is 0. The summed E-state index contributed by atoms with van der Waals surface area (Å²) in [5, 5.41) is 13.9. The predicted molar refractivity (Wildman–Crippen MR) is 86.0 cm³/mol. The van der Waals surface area contributed by atoms with Gasteiger partial charge in [0.05, 0.1) is 5.56 Å². The van der Waals surface area contributed by atoms with Crippen LogP contribution < -0.4 is 0 Å². The first kappa shape index (κ1) is 14.3. The van der Waals surface area contributed by atoms with Gasteiger partial charge < -0.3 is 9.63 Å². The standard InChI is InChI=1S/C15H10Br2N2O2/c16-10-3-1-9(2-4-10)7-14-18-15(21-19-14)12-6-5-11(17)8-13(12)20/h1-6,8,20H,7H2. The summed E-state index contributed by atoms with van der Waals surface area (Å²) >= 11 is 6.69. The number of hydrogen-bond acceptors (Lipinski definition) is 4. The Labute approximate surface area is 138 Å². The number of aromatic nitrogens is 2. The van der Waals surface area contributed by atoms with Gasteiger partial charge >= 0.3 is 0 Å². The van der Waals surface area contributed by atoms with Crippen molar-refractivity contribution in [3.63, 3.8) is 0 Å². The van der Waals surface area contributed by atoms with Crippen molar-refractivity contribution in [3.8, 4) is 17.2 Å². The van der Waals surface area contributed by atoms with Gasteiger partial charge in [-0.1, -0.05) is 49.1 Å². The van der Waals surface area contributed by atoms with Gasteiger partial charge in [0.15, 0.2) is 5.82 Å². The van der Waals surface area contributed by atoms with Gasteiger partial charge in [0.25, 0.3) is 5.89 Å². The fraction of sp³-hybridized carbons (Fsp3) is 0.0667. The molecular weight excluding hydrogens is 400 g/mol. The summed E-state index contributed by atoms with van der Waals surface area (Å²) < 4.78 is 7.04. The maximum absolute atomic E-state index is 9.91. The number of phenolic OH excluding ortho intramolecular Hbond substituents is 1. The lowest BCUT2D eigenvalue weighted by atomic mass is 10.1. The van der Waals surface area contributed by atoms with Crippen molar-refractivity contribution in [3.05, 3.63) is 62.8 Å². The fourth-order valence-electron chi connectivity index (χ4n) is 1.91. The highest BCUT2D eigenvalue weighted by Gasteiger charge is 2.13. The highest BCUT2D eigenvalue weighted by Crippen LogP contribution is 2.30. The molecule has 0 amide bonds. The molecular formula is C15H10Br2N2O2. The second-order valence-electron chi connectivity index (χ2n) is 4.48. The Balaban J connectivity index is 1.84. The number of benzene rings is 2. The SMILES string of the molecule is Oc1cc(Br)ccc1-c1nc(Cc2ccc(Br)cc2)no1. The number of phenols is 1. The van der Waals surface area contributed by atoms with E-state index < -0.39 is 0 Å². The van der Waals surface area contributed by atoms with Crippen LogP contribution in [0.15, 0.2) is 55.9 Å². The van der Waals surface area contributed by atoms with E-state index in [9.17, 15) is 5.11 Å². The average Bonchev–Trinajstić information content (AvgIpc) is 2.90. The molecule has 0 aliphatic heterocycles. The van der Waals surface area contributed by atoms with E-state index in [2.05, 4.69) is 42.0 Å². The number of halogens is 2. The van der Waals surface area contributed by atoms with Crippen LogP contribution in [0.1, 0.15) is 11.4 Å². The van der Waals surface area contributed by atoms with E-state index in [4.69, 9.17) is 4.52 Å². The van der Waals surface area contributed by atoms with Crippen LogP contribution in [0.4, 0.5) is 0 Å². The van der Waals surface area contributed by atoms with Gasteiger partial charge in [0.2, 0.25) is 0 Å². The van der Waals surface area contributed by atoms with Crippen molar-refractivity contribution in [2.75, 3.05) is 0 Å². The summed E-state index contributed by atoms with van der Waals surface area (Å²) in [4.78, 5) is 4.32. The molecule has 3 rings (SSSR count). The third kappa shape index (κ3) is 3.33. The third-order valence-corrected chi connectivity index (χ3v) is 3.96. The van der Waals surface area contributed by atoms with Crippen LogP contribution in [0.25, 0.3) is 11.5 Å². The van der Waals surface area contributed by atoms with Crippen molar-refractivity contribution < 1.29 is 9.63 Å². The molecule has 1 aromatic heterocycles. The second-order valence-corrected chi connectivity index (χ2v) is 6.31. The number of rotatable bonds is 3. The van der Waals surface area contributed by atoms with Crippen molar-refractivity contribution in [1.29, 1.82) is 0 Å². The first-order valence-corrected chi connectivity index (χ1v) is 7.76. The quantitative estimate of drug-likeness (QED) is 0.688. The monoisotopic (exact) mass is 408 g/mol. The van der Waals surface area contributed by atoms with Gasteiger partial charge in [0.1, 0.15) is 5.75 Å². The highest BCUT2D eigenvalue weighted by molar-refractivity contribution is 9.10. The van der Waals surface area contributed by atoms with Crippen LogP contribution in [-0.2, 0) is 6.42 Å². The summed E-state index contributed by atoms with van der Waals surface area (Å²) in [6.45, 7) is 0. The van der Waals surface area contributed by atoms with Gasteiger partial charge in [-0.2, -0.15) is 4.98 Å². The molecule has 0 atom stereocenters. The molecule has 4 nitrogen and oxygen atoms in total. The Morgan fingerprint density at radius 1 is 1.00 bits per heavy atom. The Morgan fingerprint density at radius 3 is 2.43 bits per heavy atom. The Kier molecular flexibility index (Phi) is 4.07. The van der Waals surface area contributed by atoms with Crippen LogP contribution in [0.3, 0.4) is 0 Å². The second kappa shape index (κ2) is 5.99. The van der Waals surface area contributed by atoms with Gasteiger partial charge in [-0.05, 0) is 35.9 Å². The molecule has 0 spiro atoms. The molecule has 3 aromatic rings. The lowest BCUT2D eigenvalue weighted by Crippen LogP contribution is -1.90. The zero-order chi connectivity index (χ0) is 14.8. The molecule has 0 fully saturated rings. The molecule has 0 saturated heterocycles. The van der Waals surface area contributed by atoms with E-state index in [1.807, 2.05) is 30.3 Å². The minimum atomic E-state index is 0.100. The van der Waals surface area contributed by atoms with Crippen LogP contribution in [-0.4, -0.2) is 15.2 Å². The van der Waals surface area contributed by atoms with Crippen LogP contribution in [0.2, 0.25) is 0 Å². The summed E-state index contributed by atoms with van der Waals surface area (Å²) in [6, 6.07) is 13.1. The third-order valence-electron chi connectivity index (χ3n) is 2.93. The van der Waals surface area contributed by atoms with E-state index >= 15 is 0 Å². The Hall–Kier alpha value is -1.66. The average molecular weight is 410 g/mol. The van der Waals surface area contributed by atoms with Crippen LogP contribution in [0.5, 0.6) is 5.75 Å². The largest absolute Gasteiger partial charge is 0.507 e. The van der Waals surface area contributed by atoms with Crippen LogP contribution in [0, 0.1) is 0 Å². The number of aromatic hydroxyl groups is 1. The molecule has 21 heavy (non-hydrogen) atoms. The van der Waals surface area contributed by atoms with E-state index in [0.29, 0.717) is 23.7 Å². The van der Waals surface area contributed by atoms with Gasteiger partial charge in [-0.25, -0.2) is 0 Å². The lowest BCUT2D eigenvalue weighted by Gasteiger charge is -1.99. The normalized spacial score (nSPS) is 10.8. The van der Waals surface area contributed by atoms with Gasteiger partial charge in [-0.15, -0.1) is 0 Å². The van der Waals surface area contributed by atoms with E-state index in [-0.39, 0.29) is 5.75 Å². The molecule has 106 valence electrons. The van der Waals surface area contributed by atoms with Crippen molar-refractivity contribution >= 4 is 31.9 Å². The molecule has 0 radical (unpaired) electrons. The maximum atomic E-state index is 9.91. The minimum absolute atomic E-state index is 0.100. The Morgan fingerprint density at radius 2 is 1.71 bits per heavy atom. The molecule has 0 bridgehead atoms. The topological polar surface area (TPSA) is 59.2 Å². The Bertz CT molecular complexity index is 770. The highest BCUT2D eigenvalue weighted by atomic mass is 79.9. The molecule has 6 heteroatoms. The van der Waals surface area contributed by atoms with Crippen molar-refractivity contribution in [2.45, 2.75) is 6.42 Å². The lowest BCUT2D eigenvalue weighted by molar-refractivity contribution is 0.418. The van der Waals surface area contributed by atoms with E-state index in [1.54, 1.807) is 12.1 Å². The summed E-state index contributed by atoms with van der Waals surface area (Å²) in [6.07, 6.45) is 0.577. The zero-order valence-electron chi connectivity index (χ0n) is 10.8. The maximum Gasteiger partial charge on any atom is 0.261 e. The molecule has 0 saturated carbocycles. The minimum Gasteiger partial charge on any atom is -0.507 e. The summed E-state index contributed by atoms with van der Waals surface area (Å²) in [5.41, 5.74) is 1.61. The molecule has 1 N–H and O–H groups in total. The smallest absolute Gasteiger partial charge is 0.261 e. The van der Waals surface area contributed by atoms with E-state index in [1.165, 1.54) is 0 Å². The first-order chi connectivity index (χ1) is 10.1. The molecule has 1 heterocycles. The van der Waals surface area contributed by atoms with Crippen LogP contribution >= 0.6 is 31.9 Å². The van der Waals surface area contributed by atoms with E-state index in [0.717, 1.165) is 14.5 Å². The number of hydrogen-bond donors (Lipinski definition) is 1. The predicted octanol–water partition coefficient (Wildman–Crippen LogP) is 4.56. The molecule has 0 aliphatic rings. The first-order valence-electron chi connectivity index (χ1n) is 6.18. The van der Waals surface area contributed by atoms with Crippen molar-refractivity contribution in [1.82, 2.24) is 10.1 Å². The van der Waals surface area contributed by atoms with Gasteiger partial charge in [-0.3, -0.25) is 0 Å².